The minimum atomic E-state index is -3.13. The Morgan fingerprint density at radius 3 is 2.53 bits per heavy atom. The number of esters is 1. The molecule has 3 rings (SSSR count). The van der Waals surface area contributed by atoms with Crippen LogP contribution in [-0.4, -0.2) is 147 Å². The van der Waals surface area contributed by atoms with E-state index in [-0.39, 0.29) is 61.2 Å². The number of carboxylic acids is 1. The van der Waals surface area contributed by atoms with Gasteiger partial charge in [-0.3, -0.25) is 4.99 Å². The van der Waals surface area contributed by atoms with E-state index in [9.17, 15) is 45.3 Å². The molecule has 47 heavy (non-hydrogen) atoms. The Balaban J connectivity index is 2.02. The number of β-amino-alcohol motifs (C(OH)–C–C–N with tert-alkyl or cyclic N) is 1. The summed E-state index contributed by atoms with van der Waals surface area (Å²) in [6.07, 6.45) is -1.85. The van der Waals surface area contributed by atoms with Crippen molar-refractivity contribution in [3.8, 4) is 0 Å². The second kappa shape index (κ2) is 16.8. The van der Waals surface area contributed by atoms with Gasteiger partial charge in [0.2, 0.25) is 12.1 Å². The number of aliphatic carboxylic acids is 1. The van der Waals surface area contributed by atoms with E-state index in [1.165, 1.54) is 18.2 Å². The number of methoxy groups -OCH3 is 1. The summed E-state index contributed by atoms with van der Waals surface area (Å²) in [6.45, 7) is 2.67. The van der Waals surface area contributed by atoms with Gasteiger partial charge in [0.05, 0.1) is 55.9 Å². The molecule has 0 unspecified atom stereocenters. The quantitative estimate of drug-likeness (QED) is 0.0213. The first-order valence-electron chi connectivity index (χ1n) is 14.5. The number of aliphatic hydroxyl groups excluding tert-OH is 5. The fourth-order valence-corrected chi connectivity index (χ4v) is 5.08. The number of carboxylic acid groups (broad SMARTS) is 1. The van der Waals surface area contributed by atoms with Crippen molar-refractivity contribution in [1.82, 2.24) is 10.2 Å². The van der Waals surface area contributed by atoms with Gasteiger partial charge in [-0.15, -0.1) is 6.58 Å². The van der Waals surface area contributed by atoms with Crippen LogP contribution in [0.3, 0.4) is 0 Å². The van der Waals surface area contributed by atoms with Crippen LogP contribution in [0.5, 0.6) is 0 Å². The Labute approximate surface area is 269 Å². The summed E-state index contributed by atoms with van der Waals surface area (Å²) in [7, 11) is 1.14. The average molecular weight is 671 g/mol. The molecule has 0 aliphatic carbocycles. The van der Waals surface area contributed by atoms with Crippen LogP contribution in [0.25, 0.3) is 0 Å². The molecule has 11 N–H and O–H groups in total. The topological polar surface area (TPSA) is 287 Å². The molecular weight excluding hydrogens is 628 g/mol. The highest BCUT2D eigenvalue weighted by molar-refractivity contribution is 5.92. The lowest BCUT2D eigenvalue weighted by Gasteiger charge is -2.46. The van der Waals surface area contributed by atoms with Gasteiger partial charge in [-0.2, -0.15) is 0 Å². The molecule has 1 saturated heterocycles. The van der Waals surface area contributed by atoms with E-state index in [0.29, 0.717) is 6.42 Å². The number of carbonyl (C=O) groups is 2. The predicted octanol–water partition coefficient (Wildman–Crippen LogP) is -3.67. The van der Waals surface area contributed by atoms with E-state index >= 15 is 0 Å². The summed E-state index contributed by atoms with van der Waals surface area (Å²) < 4.78 is 21.6. The second-order valence-electron chi connectivity index (χ2n) is 10.7. The van der Waals surface area contributed by atoms with Gasteiger partial charge in [0, 0.05) is 37.4 Å². The van der Waals surface area contributed by atoms with Crippen LogP contribution in [0.1, 0.15) is 6.42 Å². The molecule has 0 aromatic heterocycles. The number of allylic oxidation sites excluding steroid dienone is 2. The first-order valence-corrected chi connectivity index (χ1v) is 14.5. The van der Waals surface area contributed by atoms with E-state index in [0.717, 1.165) is 13.4 Å². The number of aliphatic hydroxyl groups is 7. The zero-order valence-corrected chi connectivity index (χ0v) is 25.6. The van der Waals surface area contributed by atoms with E-state index in [1.54, 1.807) is 11.1 Å². The Hall–Kier alpha value is -3.85. The number of hydrogen-bond donors (Lipinski definition) is 10. The van der Waals surface area contributed by atoms with Crippen molar-refractivity contribution in [2.75, 3.05) is 46.6 Å². The normalized spacial score (nSPS) is 29.6. The summed E-state index contributed by atoms with van der Waals surface area (Å²) >= 11 is 0. The standard InChI is InChI=1S/C29H42N4O14/c1-3-16-17(6-5-15-11-33(8-10-35)12-18(24(39)40)21(15)32-28(30)31-7-4-9-34)19(25(41)44-2)14-45-26(16)47-27-23(38)29(42,43)22(37)20(13-36)46-27/h3,5-6,11,14,16-17,20,22-23,26-27,34-38,42-43H,1,4,7-10,12-13H2,2H3,(H,39,40)(H3,30,31,32)/b6-5-/t16-,17+,20-,22-,23+,26+,27+/m1/s1. The van der Waals surface area contributed by atoms with E-state index < -0.39 is 67.1 Å². The maximum atomic E-state index is 12.8. The summed E-state index contributed by atoms with van der Waals surface area (Å²) in [5.74, 6) is -7.25. The minimum absolute atomic E-state index is 0.0217. The second-order valence-corrected chi connectivity index (χ2v) is 10.7. The zero-order chi connectivity index (χ0) is 34.9. The summed E-state index contributed by atoms with van der Waals surface area (Å²) in [5.41, 5.74) is 6.20. The van der Waals surface area contributed by atoms with Gasteiger partial charge in [-0.1, -0.05) is 18.2 Å². The lowest BCUT2D eigenvalue weighted by Crippen LogP contribution is -2.68. The molecule has 7 atom stereocenters. The summed E-state index contributed by atoms with van der Waals surface area (Å²) in [4.78, 5) is 30.7. The monoisotopic (exact) mass is 670 g/mol. The van der Waals surface area contributed by atoms with Gasteiger partial charge >= 0.3 is 11.9 Å². The minimum Gasteiger partial charge on any atom is -0.478 e. The largest absolute Gasteiger partial charge is 0.478 e. The molecular formula is C29H42N4O14. The zero-order valence-electron chi connectivity index (χ0n) is 25.6. The third-order valence-corrected chi connectivity index (χ3v) is 7.60. The van der Waals surface area contributed by atoms with Gasteiger partial charge in [-0.05, 0) is 6.42 Å². The molecule has 0 spiro atoms. The van der Waals surface area contributed by atoms with Crippen LogP contribution in [0, 0.1) is 11.8 Å². The number of carbonyl (C=O) groups excluding carboxylic acids is 1. The Morgan fingerprint density at radius 2 is 1.94 bits per heavy atom. The van der Waals surface area contributed by atoms with Gasteiger partial charge in [-0.25, -0.2) is 9.59 Å². The van der Waals surface area contributed by atoms with E-state index in [4.69, 9.17) is 29.8 Å². The third kappa shape index (κ3) is 8.74. The number of ether oxygens (including phenoxy) is 4. The van der Waals surface area contributed by atoms with Crippen molar-refractivity contribution < 1.29 is 69.4 Å². The number of nitrogens with one attached hydrogen (secondary N) is 1. The molecule has 3 aliphatic rings. The van der Waals surface area contributed by atoms with Crippen molar-refractivity contribution >= 4 is 17.9 Å². The van der Waals surface area contributed by atoms with E-state index in [2.05, 4.69) is 16.9 Å². The Bertz CT molecular complexity index is 1300. The molecule has 0 aromatic rings. The highest BCUT2D eigenvalue weighted by atomic mass is 16.8. The number of guanidine groups is 1. The number of rotatable bonds is 14. The number of nitrogens with two attached hydrogens (primary N) is 1. The molecule has 1 fully saturated rings. The van der Waals surface area contributed by atoms with Gasteiger partial charge < -0.3 is 75.8 Å². The highest BCUT2D eigenvalue weighted by Gasteiger charge is 2.56. The van der Waals surface area contributed by atoms with Gasteiger partial charge in [0.1, 0.15) is 12.2 Å². The molecule has 3 aliphatic heterocycles. The fourth-order valence-electron chi connectivity index (χ4n) is 5.08. The van der Waals surface area contributed by atoms with Crippen LogP contribution in [0.4, 0.5) is 0 Å². The number of hydrogen-bond acceptors (Lipinski definition) is 15. The van der Waals surface area contributed by atoms with Crippen molar-refractivity contribution in [2.24, 2.45) is 22.6 Å². The first kappa shape index (κ1) is 37.6. The van der Waals surface area contributed by atoms with Crippen molar-refractivity contribution in [2.45, 2.75) is 43.1 Å². The van der Waals surface area contributed by atoms with Crippen LogP contribution in [0.2, 0.25) is 0 Å². The van der Waals surface area contributed by atoms with Crippen molar-refractivity contribution in [1.29, 1.82) is 0 Å². The molecule has 0 bridgehead atoms. The molecule has 18 heteroatoms. The van der Waals surface area contributed by atoms with Crippen molar-refractivity contribution in [3.05, 3.63) is 59.7 Å². The lowest BCUT2D eigenvalue weighted by atomic mass is 9.83. The average Bonchev–Trinajstić information content (AvgIpc) is 3.04. The van der Waals surface area contributed by atoms with Crippen LogP contribution < -0.4 is 11.1 Å². The Morgan fingerprint density at radius 1 is 1.21 bits per heavy atom. The fraction of sp³-hybridized carbons (Fsp3) is 0.552. The van der Waals surface area contributed by atoms with Crippen molar-refractivity contribution in [3.63, 3.8) is 0 Å². The molecule has 262 valence electrons. The number of nitrogens with zero attached hydrogens (tertiary/aromatic N) is 2. The molecule has 3 heterocycles. The SMILES string of the molecule is C=C[C@H]1[C@H](O[C@@H]2O[C@H](CO)[C@@H](O)C(O)(O)[C@H]2O)OC=C(C(=O)OC)[C@H]1/C=C\C1=CN(CCO)CC(C(=O)O)=C1NC(N)=NCCCO. The molecule has 18 nitrogen and oxygen atoms in total. The summed E-state index contributed by atoms with van der Waals surface area (Å²) in [5, 5.41) is 82.0. The van der Waals surface area contributed by atoms with Crippen LogP contribution >= 0.6 is 0 Å². The van der Waals surface area contributed by atoms with Crippen LogP contribution in [0.15, 0.2) is 64.7 Å². The molecule has 0 aromatic carbocycles. The highest BCUT2D eigenvalue weighted by Crippen LogP contribution is 2.37. The third-order valence-electron chi connectivity index (χ3n) is 7.60. The maximum Gasteiger partial charge on any atom is 0.337 e. The lowest BCUT2D eigenvalue weighted by molar-refractivity contribution is -0.404. The number of aliphatic imine (C=N–C) groups is 1. The molecule has 0 radical (unpaired) electrons. The van der Waals surface area contributed by atoms with E-state index in [1.807, 2.05) is 0 Å². The molecule has 0 saturated carbocycles. The molecule has 0 amide bonds. The smallest absolute Gasteiger partial charge is 0.337 e. The summed E-state index contributed by atoms with van der Waals surface area (Å²) in [6, 6.07) is 0. The Kier molecular flexibility index (Phi) is 13.5. The van der Waals surface area contributed by atoms with Gasteiger partial charge in [0.15, 0.2) is 18.4 Å². The van der Waals surface area contributed by atoms with Gasteiger partial charge in [0.25, 0.3) is 0 Å². The maximum absolute atomic E-state index is 12.8. The predicted molar refractivity (Wildman–Crippen MR) is 160 cm³/mol. The first-order chi connectivity index (χ1) is 22.3. The van der Waals surface area contributed by atoms with Crippen LogP contribution in [-0.2, 0) is 28.5 Å².